The molecule has 0 saturated carbocycles. The zero-order valence-corrected chi connectivity index (χ0v) is 14.0. The van der Waals surface area contributed by atoms with Crippen LogP contribution >= 0.6 is 0 Å². The summed E-state index contributed by atoms with van der Waals surface area (Å²) in [5.41, 5.74) is 1.77. The molecule has 0 saturated heterocycles. The first-order valence-corrected chi connectivity index (χ1v) is 7.98. The number of ketones is 1. The van der Waals surface area contributed by atoms with Crippen LogP contribution in [0.3, 0.4) is 0 Å². The van der Waals surface area contributed by atoms with Crippen LogP contribution in [0, 0.1) is 0 Å². The normalized spacial score (nSPS) is 10.6. The number of carbonyl (C=O) groups is 3. The molecule has 1 rings (SSSR count). The van der Waals surface area contributed by atoms with Gasteiger partial charge in [0.25, 0.3) is 0 Å². The van der Waals surface area contributed by atoms with Gasteiger partial charge in [-0.3, -0.25) is 14.4 Å². The first-order chi connectivity index (χ1) is 10.8. The smallest absolute Gasteiger partial charge is 0.305 e. The molecule has 126 valence electrons. The Kier molecular flexibility index (Phi) is 7.45. The number of hydrogen-bond donors (Lipinski definition) is 1. The SMILES string of the molecule is CCc1ccc(C(=O)CCC(=O)N(CCC(=O)O)C(C)C)cc1. The van der Waals surface area contributed by atoms with Gasteiger partial charge in [-0.1, -0.05) is 31.2 Å². The first kappa shape index (κ1) is 18.9. The van der Waals surface area contributed by atoms with Gasteiger partial charge in [0.05, 0.1) is 6.42 Å². The van der Waals surface area contributed by atoms with Crippen LogP contribution in [-0.4, -0.2) is 40.3 Å². The van der Waals surface area contributed by atoms with Crippen molar-refractivity contribution in [1.82, 2.24) is 4.90 Å². The summed E-state index contributed by atoms with van der Waals surface area (Å²) in [6.45, 7) is 5.90. The van der Waals surface area contributed by atoms with E-state index in [9.17, 15) is 14.4 Å². The van der Waals surface area contributed by atoms with Crippen molar-refractivity contribution in [2.45, 2.75) is 52.5 Å². The Morgan fingerprint density at radius 2 is 1.65 bits per heavy atom. The van der Waals surface area contributed by atoms with Crippen LogP contribution in [0.1, 0.15) is 56.0 Å². The van der Waals surface area contributed by atoms with E-state index < -0.39 is 5.97 Å². The Hall–Kier alpha value is -2.17. The highest BCUT2D eigenvalue weighted by molar-refractivity contribution is 5.98. The monoisotopic (exact) mass is 319 g/mol. The maximum Gasteiger partial charge on any atom is 0.305 e. The number of carboxylic acids is 1. The predicted octanol–water partition coefficient (Wildman–Crippen LogP) is 2.92. The molecule has 0 bridgehead atoms. The minimum Gasteiger partial charge on any atom is -0.481 e. The predicted molar refractivity (Wildman–Crippen MR) is 88.5 cm³/mol. The van der Waals surface area contributed by atoms with E-state index in [-0.39, 0.29) is 43.5 Å². The van der Waals surface area contributed by atoms with E-state index in [2.05, 4.69) is 0 Å². The number of Topliss-reactive ketones (excluding diaryl/α,β-unsaturated/α-hetero) is 1. The molecule has 5 nitrogen and oxygen atoms in total. The second-order valence-corrected chi connectivity index (χ2v) is 5.80. The third-order valence-electron chi connectivity index (χ3n) is 3.76. The van der Waals surface area contributed by atoms with E-state index in [0.29, 0.717) is 5.56 Å². The fourth-order valence-corrected chi connectivity index (χ4v) is 2.32. The summed E-state index contributed by atoms with van der Waals surface area (Å²) >= 11 is 0. The molecule has 0 aliphatic heterocycles. The van der Waals surface area contributed by atoms with Crippen LogP contribution in [0.4, 0.5) is 0 Å². The third-order valence-corrected chi connectivity index (χ3v) is 3.76. The number of benzene rings is 1. The van der Waals surface area contributed by atoms with Gasteiger partial charge in [0, 0.05) is 31.0 Å². The lowest BCUT2D eigenvalue weighted by atomic mass is 10.0. The molecule has 0 spiro atoms. The van der Waals surface area contributed by atoms with Crippen LogP contribution in [0.2, 0.25) is 0 Å². The zero-order valence-electron chi connectivity index (χ0n) is 14.0. The molecule has 1 aromatic carbocycles. The van der Waals surface area contributed by atoms with Crippen LogP contribution < -0.4 is 0 Å². The van der Waals surface area contributed by atoms with E-state index in [0.717, 1.165) is 12.0 Å². The number of carbonyl (C=O) groups excluding carboxylic acids is 2. The van der Waals surface area contributed by atoms with Gasteiger partial charge >= 0.3 is 5.97 Å². The summed E-state index contributed by atoms with van der Waals surface area (Å²) in [5, 5.41) is 8.74. The second-order valence-electron chi connectivity index (χ2n) is 5.80. The van der Waals surface area contributed by atoms with Crippen molar-refractivity contribution in [3.8, 4) is 0 Å². The highest BCUT2D eigenvalue weighted by Crippen LogP contribution is 2.11. The van der Waals surface area contributed by atoms with Gasteiger partial charge in [0.1, 0.15) is 0 Å². The van der Waals surface area contributed by atoms with Gasteiger partial charge in [-0.25, -0.2) is 0 Å². The number of rotatable bonds is 9. The molecule has 0 fully saturated rings. The summed E-state index contributed by atoms with van der Waals surface area (Å²) in [7, 11) is 0. The molecule has 0 aliphatic rings. The average molecular weight is 319 g/mol. The summed E-state index contributed by atoms with van der Waals surface area (Å²) in [4.78, 5) is 36.5. The lowest BCUT2D eigenvalue weighted by Crippen LogP contribution is -2.38. The van der Waals surface area contributed by atoms with Gasteiger partial charge < -0.3 is 10.0 Å². The standard InChI is InChI=1S/C18H25NO4/c1-4-14-5-7-15(8-6-14)16(20)9-10-17(21)19(13(2)3)12-11-18(22)23/h5-8,13H,4,9-12H2,1-3H3,(H,22,23). The molecular weight excluding hydrogens is 294 g/mol. The van der Waals surface area contributed by atoms with Crippen molar-refractivity contribution >= 4 is 17.7 Å². The van der Waals surface area contributed by atoms with Crippen molar-refractivity contribution < 1.29 is 19.5 Å². The van der Waals surface area contributed by atoms with E-state index in [4.69, 9.17) is 5.11 Å². The third kappa shape index (κ3) is 6.22. The molecule has 0 heterocycles. The number of aliphatic carboxylic acids is 1. The molecule has 0 aliphatic carbocycles. The Morgan fingerprint density at radius 3 is 2.13 bits per heavy atom. The fraction of sp³-hybridized carbons (Fsp3) is 0.500. The van der Waals surface area contributed by atoms with E-state index in [1.165, 1.54) is 4.90 Å². The summed E-state index contributed by atoms with van der Waals surface area (Å²) < 4.78 is 0. The average Bonchev–Trinajstić information content (AvgIpc) is 2.52. The molecule has 1 aromatic rings. The van der Waals surface area contributed by atoms with Crippen molar-refractivity contribution in [2.75, 3.05) is 6.54 Å². The molecule has 0 radical (unpaired) electrons. The molecule has 1 amide bonds. The molecular formula is C18H25NO4. The summed E-state index contributed by atoms with van der Waals surface area (Å²) in [6, 6.07) is 7.33. The van der Waals surface area contributed by atoms with Gasteiger partial charge in [-0.15, -0.1) is 0 Å². The highest BCUT2D eigenvalue weighted by Gasteiger charge is 2.19. The second kappa shape index (κ2) is 9.08. The molecule has 0 aromatic heterocycles. The first-order valence-electron chi connectivity index (χ1n) is 7.98. The summed E-state index contributed by atoms with van der Waals surface area (Å²) in [6.07, 6.45) is 1.07. The Bertz CT molecular complexity index is 549. The van der Waals surface area contributed by atoms with Crippen molar-refractivity contribution in [2.24, 2.45) is 0 Å². The maximum atomic E-state index is 12.2. The van der Waals surface area contributed by atoms with Crippen LogP contribution in [0.5, 0.6) is 0 Å². The Balaban J connectivity index is 2.57. The van der Waals surface area contributed by atoms with E-state index >= 15 is 0 Å². The van der Waals surface area contributed by atoms with Crippen LogP contribution in [0.15, 0.2) is 24.3 Å². The van der Waals surface area contributed by atoms with E-state index in [1.807, 2.05) is 32.9 Å². The molecule has 0 atom stereocenters. The quantitative estimate of drug-likeness (QED) is 0.710. The largest absolute Gasteiger partial charge is 0.481 e. The minimum absolute atomic E-state index is 0.0667. The van der Waals surface area contributed by atoms with Crippen LogP contribution in [0.25, 0.3) is 0 Å². The Labute approximate surface area is 137 Å². The maximum absolute atomic E-state index is 12.2. The van der Waals surface area contributed by atoms with E-state index in [1.54, 1.807) is 12.1 Å². The fourth-order valence-electron chi connectivity index (χ4n) is 2.32. The van der Waals surface area contributed by atoms with Gasteiger partial charge in [0.15, 0.2) is 5.78 Å². The van der Waals surface area contributed by atoms with Crippen molar-refractivity contribution in [3.05, 3.63) is 35.4 Å². The lowest BCUT2D eigenvalue weighted by Gasteiger charge is -2.26. The van der Waals surface area contributed by atoms with Crippen molar-refractivity contribution in [1.29, 1.82) is 0 Å². The van der Waals surface area contributed by atoms with Gasteiger partial charge in [0.2, 0.25) is 5.91 Å². The summed E-state index contributed by atoms with van der Waals surface area (Å²) in [5.74, 6) is -1.18. The number of carboxylic acid groups (broad SMARTS) is 1. The molecule has 0 unspecified atom stereocenters. The van der Waals surface area contributed by atoms with Crippen molar-refractivity contribution in [3.63, 3.8) is 0 Å². The highest BCUT2D eigenvalue weighted by atomic mass is 16.4. The lowest BCUT2D eigenvalue weighted by molar-refractivity contribution is -0.139. The topological polar surface area (TPSA) is 74.7 Å². The number of hydrogen-bond acceptors (Lipinski definition) is 3. The zero-order chi connectivity index (χ0) is 17.4. The number of aryl methyl sites for hydroxylation is 1. The minimum atomic E-state index is -0.935. The Morgan fingerprint density at radius 1 is 1.04 bits per heavy atom. The number of nitrogens with zero attached hydrogens (tertiary/aromatic N) is 1. The van der Waals surface area contributed by atoms with Gasteiger partial charge in [-0.2, -0.15) is 0 Å². The molecule has 5 heteroatoms. The molecule has 23 heavy (non-hydrogen) atoms. The van der Waals surface area contributed by atoms with Crippen LogP contribution in [-0.2, 0) is 16.0 Å². The number of amides is 1. The molecule has 1 N–H and O–H groups in total. The van der Waals surface area contributed by atoms with Gasteiger partial charge in [-0.05, 0) is 25.8 Å².